The van der Waals surface area contributed by atoms with Gasteiger partial charge in [-0.05, 0) is 31.0 Å². The normalized spacial score (nSPS) is 11.8. The van der Waals surface area contributed by atoms with Crippen LogP contribution in [-0.2, 0) is 0 Å². The largest absolute Gasteiger partial charge is 0.496 e. The molecule has 2 rings (SSSR count). The second-order valence-corrected chi connectivity index (χ2v) is 5.67. The molecule has 0 spiro atoms. The highest BCUT2D eigenvalue weighted by atomic mass is 19.1. The number of rotatable bonds is 7. The maximum absolute atomic E-state index is 14.2. The molecule has 0 aromatic heterocycles. The lowest BCUT2D eigenvalue weighted by Crippen LogP contribution is -2.16. The van der Waals surface area contributed by atoms with Gasteiger partial charge in [-0.3, -0.25) is 14.8 Å². The van der Waals surface area contributed by atoms with E-state index in [0.717, 1.165) is 6.07 Å². The van der Waals surface area contributed by atoms with Gasteiger partial charge >= 0.3 is 0 Å². The van der Waals surface area contributed by atoms with E-state index in [2.05, 4.69) is 22.0 Å². The molecule has 0 aliphatic carbocycles. The van der Waals surface area contributed by atoms with Crippen molar-refractivity contribution >= 4 is 29.8 Å². The molecular formula is C20H20F2N4O3. The van der Waals surface area contributed by atoms with Gasteiger partial charge in [0.15, 0.2) is 11.6 Å². The predicted octanol–water partition coefficient (Wildman–Crippen LogP) is 3.26. The lowest BCUT2D eigenvalue weighted by Gasteiger charge is -2.13. The molecule has 2 aromatic rings. The highest BCUT2D eigenvalue weighted by Gasteiger charge is 2.17. The standard InChI is InChI=1S/C20H20F2N4O3/c1-24-16(13-7-11(21)5-6-17(13)28-3)10-18(25-2)26-12-8-14(20(23)27)19(29-4)15(22)9-12/h5-10H,1H2,2-4H3,(H2,23,27)(H,25,26)/b16-10-. The average molecular weight is 402 g/mol. The Kier molecular flexibility index (Phi) is 7.02. The van der Waals surface area contributed by atoms with Gasteiger partial charge in [0.25, 0.3) is 5.91 Å². The third-order valence-corrected chi connectivity index (χ3v) is 3.91. The van der Waals surface area contributed by atoms with E-state index in [4.69, 9.17) is 15.2 Å². The number of anilines is 1. The van der Waals surface area contributed by atoms with Gasteiger partial charge in [0.2, 0.25) is 0 Å². The van der Waals surface area contributed by atoms with E-state index < -0.39 is 17.5 Å². The first-order valence-electron chi connectivity index (χ1n) is 8.28. The van der Waals surface area contributed by atoms with Crippen LogP contribution < -0.4 is 20.5 Å². The summed E-state index contributed by atoms with van der Waals surface area (Å²) in [6, 6.07) is 6.39. The summed E-state index contributed by atoms with van der Waals surface area (Å²) in [6.45, 7) is 3.49. The van der Waals surface area contributed by atoms with E-state index in [0.29, 0.717) is 11.3 Å². The highest BCUT2D eigenvalue weighted by Crippen LogP contribution is 2.29. The number of carbonyl (C=O) groups excluding carboxylic acids is 1. The molecule has 3 N–H and O–H groups in total. The van der Waals surface area contributed by atoms with E-state index in [1.54, 1.807) is 0 Å². The molecule has 0 saturated carbocycles. The molecule has 0 bridgehead atoms. The number of benzene rings is 2. The average Bonchev–Trinajstić information content (AvgIpc) is 2.70. The molecule has 0 atom stereocenters. The van der Waals surface area contributed by atoms with Crippen LogP contribution in [0, 0.1) is 11.6 Å². The number of carbonyl (C=O) groups is 1. The monoisotopic (exact) mass is 402 g/mol. The van der Waals surface area contributed by atoms with Gasteiger partial charge in [-0.2, -0.15) is 0 Å². The van der Waals surface area contributed by atoms with Crippen LogP contribution in [0.25, 0.3) is 5.70 Å². The number of nitrogens with one attached hydrogen (secondary N) is 1. The quantitative estimate of drug-likeness (QED) is 0.549. The maximum Gasteiger partial charge on any atom is 0.252 e. The van der Waals surface area contributed by atoms with Crippen molar-refractivity contribution in [1.29, 1.82) is 0 Å². The summed E-state index contributed by atoms with van der Waals surface area (Å²) in [4.78, 5) is 19.5. The van der Waals surface area contributed by atoms with E-state index in [1.807, 2.05) is 0 Å². The Hall–Kier alpha value is -3.75. The summed E-state index contributed by atoms with van der Waals surface area (Å²) >= 11 is 0. The third-order valence-electron chi connectivity index (χ3n) is 3.91. The Bertz CT molecular complexity index is 1000. The Morgan fingerprint density at radius 2 is 1.90 bits per heavy atom. The van der Waals surface area contributed by atoms with Crippen LogP contribution >= 0.6 is 0 Å². The van der Waals surface area contributed by atoms with Gasteiger partial charge in [0.05, 0.1) is 25.5 Å². The SMILES string of the molecule is C=N/C(=C\C(=N/C)Nc1cc(F)c(OC)c(C(N)=O)c1)c1cc(F)ccc1OC. The number of hydrogen-bond donors (Lipinski definition) is 2. The molecule has 2 aromatic carbocycles. The van der Waals surface area contributed by atoms with Gasteiger partial charge in [0.1, 0.15) is 17.4 Å². The van der Waals surface area contributed by atoms with Crippen LogP contribution in [0.2, 0.25) is 0 Å². The van der Waals surface area contributed by atoms with Crippen molar-refractivity contribution in [3.8, 4) is 11.5 Å². The van der Waals surface area contributed by atoms with Gasteiger partial charge in [-0.15, -0.1) is 0 Å². The second kappa shape index (κ2) is 9.45. The fourth-order valence-electron chi connectivity index (χ4n) is 2.58. The summed E-state index contributed by atoms with van der Waals surface area (Å²) in [6.07, 6.45) is 1.47. The molecule has 152 valence electrons. The number of primary amides is 1. The van der Waals surface area contributed by atoms with Crippen molar-refractivity contribution < 1.29 is 23.0 Å². The molecule has 29 heavy (non-hydrogen) atoms. The van der Waals surface area contributed by atoms with Crippen LogP contribution in [0.5, 0.6) is 11.5 Å². The fraction of sp³-hybridized carbons (Fsp3) is 0.150. The number of nitrogens with zero attached hydrogens (tertiary/aromatic N) is 2. The van der Waals surface area contributed by atoms with Crippen LogP contribution in [-0.4, -0.2) is 39.7 Å². The van der Waals surface area contributed by atoms with Crippen molar-refractivity contribution in [3.05, 3.63) is 59.2 Å². The molecule has 0 fully saturated rings. The fourth-order valence-corrected chi connectivity index (χ4v) is 2.58. The summed E-state index contributed by atoms with van der Waals surface area (Å²) in [5.74, 6) is -1.76. The Balaban J connectivity index is 2.46. The van der Waals surface area contributed by atoms with E-state index in [9.17, 15) is 13.6 Å². The van der Waals surface area contributed by atoms with Crippen molar-refractivity contribution in [3.63, 3.8) is 0 Å². The minimum absolute atomic E-state index is 0.136. The summed E-state index contributed by atoms with van der Waals surface area (Å²) in [5, 5.41) is 2.85. The number of amides is 1. The molecular weight excluding hydrogens is 382 g/mol. The van der Waals surface area contributed by atoms with Gasteiger partial charge in [0, 0.05) is 30.4 Å². The third kappa shape index (κ3) is 4.95. The van der Waals surface area contributed by atoms with Gasteiger partial charge in [-0.1, -0.05) is 0 Å². The summed E-state index contributed by atoms with van der Waals surface area (Å²) in [7, 11) is 4.15. The van der Waals surface area contributed by atoms with E-state index in [1.165, 1.54) is 51.6 Å². The number of ether oxygens (including phenoxy) is 2. The molecule has 0 radical (unpaired) electrons. The lowest BCUT2D eigenvalue weighted by molar-refractivity contribution is 0.0996. The van der Waals surface area contributed by atoms with E-state index >= 15 is 0 Å². The first kappa shape index (κ1) is 21.5. The number of halogens is 2. The van der Waals surface area contributed by atoms with Crippen LogP contribution in [0.15, 0.2) is 46.4 Å². The van der Waals surface area contributed by atoms with Crippen molar-refractivity contribution in [1.82, 2.24) is 0 Å². The topological polar surface area (TPSA) is 98.3 Å². The molecule has 9 heteroatoms. The first-order chi connectivity index (χ1) is 13.8. The van der Waals surface area contributed by atoms with Crippen LogP contribution in [0.1, 0.15) is 15.9 Å². The lowest BCUT2D eigenvalue weighted by atomic mass is 10.1. The van der Waals surface area contributed by atoms with Crippen molar-refractivity contribution in [2.75, 3.05) is 26.6 Å². The molecule has 0 heterocycles. The molecule has 0 aliphatic heterocycles. The zero-order chi connectivity index (χ0) is 21.6. The number of aliphatic imine (C=N–C) groups is 2. The minimum atomic E-state index is -0.854. The van der Waals surface area contributed by atoms with E-state index in [-0.39, 0.29) is 28.5 Å². The Labute approximate surface area is 166 Å². The van der Waals surface area contributed by atoms with Crippen LogP contribution in [0.4, 0.5) is 14.5 Å². The van der Waals surface area contributed by atoms with Gasteiger partial charge in [-0.25, -0.2) is 8.78 Å². The molecule has 1 amide bonds. The molecule has 0 saturated heterocycles. The predicted molar refractivity (Wildman–Crippen MR) is 109 cm³/mol. The minimum Gasteiger partial charge on any atom is -0.496 e. The van der Waals surface area contributed by atoms with Crippen molar-refractivity contribution in [2.24, 2.45) is 15.7 Å². The highest BCUT2D eigenvalue weighted by molar-refractivity contribution is 6.09. The molecule has 0 unspecified atom stereocenters. The Morgan fingerprint density at radius 3 is 2.45 bits per heavy atom. The smallest absolute Gasteiger partial charge is 0.252 e. The Morgan fingerprint density at radius 1 is 1.17 bits per heavy atom. The number of hydrogen-bond acceptors (Lipinski definition) is 5. The zero-order valence-corrected chi connectivity index (χ0v) is 16.1. The molecule has 7 nitrogen and oxygen atoms in total. The first-order valence-corrected chi connectivity index (χ1v) is 8.28. The zero-order valence-electron chi connectivity index (χ0n) is 16.1. The molecule has 0 aliphatic rings. The maximum atomic E-state index is 14.2. The second-order valence-electron chi connectivity index (χ2n) is 5.67. The van der Waals surface area contributed by atoms with Crippen LogP contribution in [0.3, 0.4) is 0 Å². The summed E-state index contributed by atoms with van der Waals surface area (Å²) in [5.41, 5.74) is 5.96. The number of methoxy groups -OCH3 is 2. The van der Waals surface area contributed by atoms with Crippen molar-refractivity contribution in [2.45, 2.75) is 0 Å². The number of amidine groups is 1. The van der Waals surface area contributed by atoms with Gasteiger partial charge < -0.3 is 20.5 Å². The number of nitrogens with two attached hydrogens (primary N) is 1. The summed E-state index contributed by atoms with van der Waals surface area (Å²) < 4.78 is 38.1.